The molecule has 0 unspecified atom stereocenters. The average Bonchev–Trinajstić information content (AvgIpc) is 2.64. The third-order valence-corrected chi connectivity index (χ3v) is 3.86. The van der Waals surface area contributed by atoms with Crippen molar-refractivity contribution in [1.82, 2.24) is 19.8 Å². The maximum atomic E-state index is 12.2. The zero-order valence-corrected chi connectivity index (χ0v) is 13.8. The molecule has 2 N–H and O–H groups in total. The Balaban J connectivity index is 1.42. The number of nitrogens with one attached hydrogen (secondary N) is 2. The van der Waals surface area contributed by atoms with E-state index in [4.69, 9.17) is 0 Å². The second-order valence-corrected chi connectivity index (χ2v) is 5.67. The third kappa shape index (κ3) is 4.98. The molecule has 0 bridgehead atoms. The first-order chi connectivity index (χ1) is 12.2. The Hall–Kier alpha value is -3.00. The fraction of sp³-hybridized carbons (Fsp3) is 0.294. The van der Waals surface area contributed by atoms with Gasteiger partial charge in [0.05, 0.1) is 6.54 Å². The van der Waals surface area contributed by atoms with E-state index in [0.29, 0.717) is 37.8 Å². The van der Waals surface area contributed by atoms with Crippen LogP contribution in [0.25, 0.3) is 0 Å². The fourth-order valence-electron chi connectivity index (χ4n) is 2.56. The number of piperazine rings is 1. The zero-order chi connectivity index (χ0) is 17.5. The van der Waals surface area contributed by atoms with Gasteiger partial charge in [0.2, 0.25) is 5.91 Å². The number of hydrogen-bond acceptors (Lipinski definition) is 5. The van der Waals surface area contributed by atoms with Crippen molar-refractivity contribution in [3.63, 3.8) is 0 Å². The molecule has 0 aliphatic carbocycles. The van der Waals surface area contributed by atoms with Crippen molar-refractivity contribution in [2.75, 3.05) is 43.4 Å². The van der Waals surface area contributed by atoms with Gasteiger partial charge in [-0.2, -0.15) is 0 Å². The molecule has 2 aromatic rings. The monoisotopic (exact) mass is 340 g/mol. The van der Waals surface area contributed by atoms with E-state index < -0.39 is 0 Å². The van der Waals surface area contributed by atoms with E-state index in [9.17, 15) is 9.59 Å². The Morgan fingerprint density at radius 2 is 1.48 bits per heavy atom. The van der Waals surface area contributed by atoms with Gasteiger partial charge in [-0.15, -0.1) is 0 Å². The van der Waals surface area contributed by atoms with E-state index in [1.54, 1.807) is 41.6 Å². The Morgan fingerprint density at radius 3 is 2.04 bits per heavy atom. The lowest BCUT2D eigenvalue weighted by atomic mass is 10.3. The Bertz CT molecular complexity index is 702. The highest BCUT2D eigenvalue weighted by Gasteiger charge is 2.22. The maximum absolute atomic E-state index is 12.2. The molecule has 3 rings (SSSR count). The molecule has 0 saturated carbocycles. The van der Waals surface area contributed by atoms with Crippen LogP contribution in [0.4, 0.5) is 16.4 Å². The van der Waals surface area contributed by atoms with Crippen LogP contribution >= 0.6 is 0 Å². The van der Waals surface area contributed by atoms with Gasteiger partial charge in [0.25, 0.3) is 0 Å². The number of anilines is 2. The fourth-order valence-corrected chi connectivity index (χ4v) is 2.56. The predicted octanol–water partition coefficient (Wildman–Crippen LogP) is 1.26. The van der Waals surface area contributed by atoms with E-state index in [0.717, 1.165) is 0 Å². The second kappa shape index (κ2) is 8.20. The Morgan fingerprint density at radius 1 is 0.880 bits per heavy atom. The molecule has 0 aromatic carbocycles. The first-order valence-electron chi connectivity index (χ1n) is 8.11. The first kappa shape index (κ1) is 16.8. The van der Waals surface area contributed by atoms with Gasteiger partial charge in [-0.25, -0.2) is 14.8 Å². The van der Waals surface area contributed by atoms with Gasteiger partial charge in [0.1, 0.15) is 11.6 Å². The Kier molecular flexibility index (Phi) is 5.53. The number of nitrogens with zero attached hydrogens (tertiary/aromatic N) is 4. The van der Waals surface area contributed by atoms with Crippen molar-refractivity contribution < 1.29 is 9.59 Å². The molecule has 1 fully saturated rings. The van der Waals surface area contributed by atoms with Crippen molar-refractivity contribution >= 4 is 23.6 Å². The van der Waals surface area contributed by atoms with E-state index in [1.165, 1.54) is 0 Å². The number of aromatic nitrogens is 2. The molecule has 0 spiro atoms. The SMILES string of the molecule is O=C(CN1CCN(C(=O)Nc2ccccn2)CC1)Nc1ccccn1. The van der Waals surface area contributed by atoms with Crippen LogP contribution in [0.3, 0.4) is 0 Å². The summed E-state index contributed by atoms with van der Waals surface area (Å²) >= 11 is 0. The number of pyridine rings is 2. The standard InChI is InChI=1S/C17H20N6O2/c24-16(20-14-5-1-3-7-18-14)13-22-9-11-23(12-10-22)17(25)21-15-6-2-4-8-19-15/h1-8H,9-13H2,(H,18,20,24)(H,19,21,25). The summed E-state index contributed by atoms with van der Waals surface area (Å²) in [4.78, 5) is 36.1. The summed E-state index contributed by atoms with van der Waals surface area (Å²) in [5.74, 6) is 0.968. The van der Waals surface area contributed by atoms with Crippen molar-refractivity contribution in [2.45, 2.75) is 0 Å². The molecule has 3 amide bonds. The summed E-state index contributed by atoms with van der Waals surface area (Å²) in [7, 11) is 0. The molecule has 0 atom stereocenters. The number of rotatable bonds is 4. The molecule has 0 radical (unpaired) electrons. The molecular formula is C17H20N6O2. The van der Waals surface area contributed by atoms with Crippen molar-refractivity contribution in [3.8, 4) is 0 Å². The van der Waals surface area contributed by atoms with E-state index in [1.807, 2.05) is 17.0 Å². The van der Waals surface area contributed by atoms with Crippen LogP contribution in [0.15, 0.2) is 48.8 Å². The lowest BCUT2D eigenvalue weighted by molar-refractivity contribution is -0.117. The predicted molar refractivity (Wildman–Crippen MR) is 94.1 cm³/mol. The van der Waals surface area contributed by atoms with Crippen LogP contribution in [0.5, 0.6) is 0 Å². The summed E-state index contributed by atoms with van der Waals surface area (Å²) in [6, 6.07) is 10.6. The lowest BCUT2D eigenvalue weighted by Gasteiger charge is -2.34. The molecule has 8 heteroatoms. The minimum absolute atomic E-state index is 0.106. The lowest BCUT2D eigenvalue weighted by Crippen LogP contribution is -2.51. The van der Waals surface area contributed by atoms with Gasteiger partial charge in [0, 0.05) is 38.6 Å². The Labute approximate surface area is 145 Å². The molecule has 25 heavy (non-hydrogen) atoms. The molecule has 1 aliphatic rings. The number of amides is 3. The summed E-state index contributed by atoms with van der Waals surface area (Å²) in [6.07, 6.45) is 3.27. The largest absolute Gasteiger partial charge is 0.323 e. The van der Waals surface area contributed by atoms with Crippen LogP contribution in [0, 0.1) is 0 Å². The quantitative estimate of drug-likeness (QED) is 0.875. The number of urea groups is 1. The van der Waals surface area contributed by atoms with Gasteiger partial charge in [-0.3, -0.25) is 15.0 Å². The molecule has 8 nitrogen and oxygen atoms in total. The van der Waals surface area contributed by atoms with Crippen LogP contribution in [0.2, 0.25) is 0 Å². The van der Waals surface area contributed by atoms with Crippen molar-refractivity contribution in [2.24, 2.45) is 0 Å². The van der Waals surface area contributed by atoms with E-state index >= 15 is 0 Å². The van der Waals surface area contributed by atoms with Crippen molar-refractivity contribution in [3.05, 3.63) is 48.8 Å². The minimum atomic E-state index is -0.170. The molecule has 1 aliphatic heterocycles. The van der Waals surface area contributed by atoms with Gasteiger partial charge in [-0.05, 0) is 24.3 Å². The number of carbonyl (C=O) groups is 2. The van der Waals surface area contributed by atoms with Gasteiger partial charge in [-0.1, -0.05) is 12.1 Å². The number of hydrogen-bond donors (Lipinski definition) is 2. The van der Waals surface area contributed by atoms with Gasteiger partial charge < -0.3 is 10.2 Å². The second-order valence-electron chi connectivity index (χ2n) is 5.67. The van der Waals surface area contributed by atoms with Crippen LogP contribution in [0.1, 0.15) is 0 Å². The third-order valence-electron chi connectivity index (χ3n) is 3.86. The molecule has 1 saturated heterocycles. The van der Waals surface area contributed by atoms with Crippen LogP contribution in [-0.4, -0.2) is 64.4 Å². The van der Waals surface area contributed by atoms with Crippen LogP contribution in [-0.2, 0) is 4.79 Å². The zero-order valence-electron chi connectivity index (χ0n) is 13.8. The maximum Gasteiger partial charge on any atom is 0.323 e. The molecule has 3 heterocycles. The summed E-state index contributed by atoms with van der Waals surface area (Å²) in [5.41, 5.74) is 0. The first-order valence-corrected chi connectivity index (χ1v) is 8.11. The molecular weight excluding hydrogens is 320 g/mol. The summed E-state index contributed by atoms with van der Waals surface area (Å²) in [5, 5.41) is 5.53. The molecule has 130 valence electrons. The average molecular weight is 340 g/mol. The van der Waals surface area contributed by atoms with Gasteiger partial charge in [0.15, 0.2) is 0 Å². The van der Waals surface area contributed by atoms with E-state index in [-0.39, 0.29) is 18.5 Å². The number of carbonyl (C=O) groups excluding carboxylic acids is 2. The minimum Gasteiger partial charge on any atom is -0.322 e. The normalized spacial score (nSPS) is 14.8. The highest BCUT2D eigenvalue weighted by atomic mass is 16.2. The summed E-state index contributed by atoms with van der Waals surface area (Å²) in [6.45, 7) is 2.70. The highest BCUT2D eigenvalue weighted by Crippen LogP contribution is 2.07. The smallest absolute Gasteiger partial charge is 0.322 e. The topological polar surface area (TPSA) is 90.5 Å². The molecule has 2 aromatic heterocycles. The van der Waals surface area contributed by atoms with Gasteiger partial charge >= 0.3 is 6.03 Å². The van der Waals surface area contributed by atoms with E-state index in [2.05, 4.69) is 20.6 Å². The van der Waals surface area contributed by atoms with Crippen molar-refractivity contribution in [1.29, 1.82) is 0 Å². The highest BCUT2D eigenvalue weighted by molar-refractivity contribution is 5.91. The van der Waals surface area contributed by atoms with Crippen LogP contribution < -0.4 is 10.6 Å². The summed E-state index contributed by atoms with van der Waals surface area (Å²) < 4.78 is 0.